The summed E-state index contributed by atoms with van der Waals surface area (Å²) >= 11 is 0. The topological polar surface area (TPSA) is 50.1 Å². The van der Waals surface area contributed by atoms with Gasteiger partial charge in [-0.2, -0.15) is 5.26 Å². The zero-order chi connectivity index (χ0) is 20.1. The van der Waals surface area contributed by atoms with Crippen LogP contribution in [0.4, 0.5) is 4.39 Å². The molecule has 2 atom stereocenters. The van der Waals surface area contributed by atoms with Gasteiger partial charge in [-0.3, -0.25) is 0 Å². The van der Waals surface area contributed by atoms with E-state index in [1.807, 2.05) is 56.3 Å². The van der Waals surface area contributed by atoms with Crippen molar-refractivity contribution in [3.63, 3.8) is 0 Å². The summed E-state index contributed by atoms with van der Waals surface area (Å²) in [5.74, 6) is -1.23. The molecule has 3 nitrogen and oxygen atoms in total. The van der Waals surface area contributed by atoms with Crippen molar-refractivity contribution < 1.29 is 13.9 Å². The maximum Gasteiger partial charge on any atom is 0.364 e. The van der Waals surface area contributed by atoms with Gasteiger partial charge in [-0.25, -0.2) is 9.18 Å². The number of hydrogen-bond donors (Lipinski definition) is 0. The molecule has 0 aliphatic heterocycles. The van der Waals surface area contributed by atoms with Crippen LogP contribution in [0.5, 0.6) is 0 Å². The van der Waals surface area contributed by atoms with Gasteiger partial charge >= 0.3 is 11.6 Å². The van der Waals surface area contributed by atoms with Crippen LogP contribution in [0.3, 0.4) is 0 Å². The van der Waals surface area contributed by atoms with Crippen molar-refractivity contribution in [2.45, 2.75) is 25.6 Å². The number of rotatable bonds is 5. The Morgan fingerprint density at radius 3 is 1.93 bits per heavy atom. The standard InChI is InChI=1S/C24H20FNO2/c1-17-8-12-20(13-9-17)22(19-6-4-3-5-7-19)28-23(27)24(25,16-26)21-14-10-18(2)11-15-21/h3-15,22H,1-2H3/t22-,24+/m0/s1. The monoisotopic (exact) mass is 373 g/mol. The molecule has 0 spiro atoms. The molecule has 0 heterocycles. The Labute approximate surface area is 164 Å². The normalized spacial score (nSPS) is 13.8. The van der Waals surface area contributed by atoms with Crippen molar-refractivity contribution in [3.8, 4) is 6.07 Å². The summed E-state index contributed by atoms with van der Waals surface area (Å²) in [6.45, 7) is 3.80. The Kier molecular flexibility index (Phi) is 5.56. The summed E-state index contributed by atoms with van der Waals surface area (Å²) in [6.07, 6.45) is -0.816. The molecule has 0 N–H and O–H groups in total. The highest BCUT2D eigenvalue weighted by atomic mass is 19.1. The molecule has 0 unspecified atom stereocenters. The van der Waals surface area contributed by atoms with Crippen LogP contribution >= 0.6 is 0 Å². The SMILES string of the molecule is Cc1ccc([C@@H](OC(=O)[C@@](F)(C#N)c2ccc(C)cc2)c2ccccc2)cc1. The summed E-state index contributed by atoms with van der Waals surface area (Å²) in [4.78, 5) is 12.8. The van der Waals surface area contributed by atoms with Gasteiger partial charge in [0.2, 0.25) is 0 Å². The van der Waals surface area contributed by atoms with Gasteiger partial charge in [-0.15, -0.1) is 0 Å². The van der Waals surface area contributed by atoms with Crippen LogP contribution in [-0.2, 0) is 15.2 Å². The first kappa shape index (κ1) is 19.3. The second-order valence-corrected chi connectivity index (χ2v) is 6.74. The van der Waals surface area contributed by atoms with E-state index in [9.17, 15) is 10.1 Å². The molecule has 0 saturated carbocycles. The molecule has 0 aliphatic carbocycles. The van der Waals surface area contributed by atoms with Gasteiger partial charge in [-0.1, -0.05) is 90.0 Å². The van der Waals surface area contributed by atoms with E-state index >= 15 is 4.39 Å². The molecular weight excluding hydrogens is 353 g/mol. The Hall–Kier alpha value is -3.45. The molecular formula is C24H20FNO2. The fourth-order valence-electron chi connectivity index (χ4n) is 2.90. The van der Waals surface area contributed by atoms with Gasteiger partial charge in [-0.05, 0) is 25.0 Å². The first-order valence-electron chi connectivity index (χ1n) is 8.94. The molecule has 0 aromatic heterocycles. The minimum atomic E-state index is -2.88. The quantitative estimate of drug-likeness (QED) is 0.568. The van der Waals surface area contributed by atoms with Gasteiger partial charge < -0.3 is 4.74 Å². The first-order chi connectivity index (χ1) is 13.4. The van der Waals surface area contributed by atoms with Crippen LogP contribution < -0.4 is 0 Å². The predicted octanol–water partition coefficient (Wildman–Crippen LogP) is 5.32. The van der Waals surface area contributed by atoms with Crippen molar-refractivity contribution in [1.29, 1.82) is 5.26 Å². The van der Waals surface area contributed by atoms with Crippen LogP contribution in [0.25, 0.3) is 0 Å². The lowest BCUT2D eigenvalue weighted by atomic mass is 9.95. The number of carbonyl (C=O) groups excluding carboxylic acids is 1. The Morgan fingerprint density at radius 2 is 1.39 bits per heavy atom. The van der Waals surface area contributed by atoms with Crippen LogP contribution in [0.15, 0.2) is 78.9 Å². The van der Waals surface area contributed by atoms with Crippen molar-refractivity contribution in [2.75, 3.05) is 0 Å². The average Bonchev–Trinajstić information content (AvgIpc) is 2.73. The van der Waals surface area contributed by atoms with E-state index < -0.39 is 17.7 Å². The van der Waals surface area contributed by atoms with Gasteiger partial charge in [0.05, 0.1) is 0 Å². The van der Waals surface area contributed by atoms with Crippen molar-refractivity contribution in [1.82, 2.24) is 0 Å². The first-order valence-corrected chi connectivity index (χ1v) is 8.94. The van der Waals surface area contributed by atoms with Gasteiger partial charge in [0.25, 0.3) is 0 Å². The largest absolute Gasteiger partial charge is 0.449 e. The molecule has 0 amide bonds. The molecule has 0 aliphatic rings. The highest BCUT2D eigenvalue weighted by Crippen LogP contribution is 2.33. The van der Waals surface area contributed by atoms with Crippen molar-refractivity contribution in [3.05, 3.63) is 107 Å². The predicted molar refractivity (Wildman–Crippen MR) is 105 cm³/mol. The molecule has 4 heteroatoms. The number of hydrogen-bond acceptors (Lipinski definition) is 3. The highest BCUT2D eigenvalue weighted by molar-refractivity contribution is 5.85. The summed E-state index contributed by atoms with van der Waals surface area (Å²) in [6, 6.07) is 24.2. The number of halogens is 1. The van der Waals surface area contributed by atoms with Crippen molar-refractivity contribution >= 4 is 5.97 Å². The second-order valence-electron chi connectivity index (χ2n) is 6.74. The second kappa shape index (κ2) is 8.06. The third-order valence-electron chi connectivity index (χ3n) is 4.59. The number of esters is 1. The van der Waals surface area contributed by atoms with Crippen molar-refractivity contribution in [2.24, 2.45) is 0 Å². The summed E-state index contributed by atoms with van der Waals surface area (Å²) < 4.78 is 21.0. The molecule has 0 radical (unpaired) electrons. The van der Waals surface area contributed by atoms with Crippen LogP contribution in [0.2, 0.25) is 0 Å². The number of nitriles is 1. The Morgan fingerprint density at radius 1 is 0.893 bits per heavy atom. The van der Waals surface area contributed by atoms with E-state index in [1.165, 1.54) is 18.2 Å². The van der Waals surface area contributed by atoms with Crippen LogP contribution in [0, 0.1) is 25.2 Å². The molecule has 3 rings (SSSR count). The third-order valence-corrected chi connectivity index (χ3v) is 4.59. The minimum absolute atomic E-state index is 0.0404. The zero-order valence-corrected chi connectivity index (χ0v) is 15.7. The molecule has 3 aromatic rings. The van der Waals surface area contributed by atoms with Crippen LogP contribution in [0.1, 0.15) is 33.9 Å². The fourth-order valence-corrected chi connectivity index (χ4v) is 2.90. The number of aryl methyl sites for hydroxylation is 2. The Bertz CT molecular complexity index is 992. The third kappa shape index (κ3) is 3.94. The van der Waals surface area contributed by atoms with Gasteiger partial charge in [0, 0.05) is 5.56 Å². The lowest BCUT2D eigenvalue weighted by Gasteiger charge is -2.23. The molecule has 0 saturated heterocycles. The number of alkyl halides is 1. The summed E-state index contributed by atoms with van der Waals surface area (Å²) in [5.41, 5.74) is 0.433. The molecule has 28 heavy (non-hydrogen) atoms. The number of benzene rings is 3. The zero-order valence-electron chi connectivity index (χ0n) is 15.7. The molecule has 0 fully saturated rings. The summed E-state index contributed by atoms with van der Waals surface area (Å²) in [5, 5.41) is 9.44. The summed E-state index contributed by atoms with van der Waals surface area (Å²) in [7, 11) is 0. The van der Waals surface area contributed by atoms with Gasteiger partial charge in [0.15, 0.2) is 6.10 Å². The highest BCUT2D eigenvalue weighted by Gasteiger charge is 2.44. The molecule has 3 aromatic carbocycles. The molecule has 0 bridgehead atoms. The van der Waals surface area contributed by atoms with E-state index in [0.717, 1.165) is 11.1 Å². The van der Waals surface area contributed by atoms with E-state index in [1.54, 1.807) is 24.3 Å². The van der Waals surface area contributed by atoms with E-state index in [2.05, 4.69) is 0 Å². The fraction of sp³-hybridized carbons (Fsp3) is 0.167. The average molecular weight is 373 g/mol. The van der Waals surface area contributed by atoms with E-state index in [-0.39, 0.29) is 5.56 Å². The number of carbonyl (C=O) groups is 1. The smallest absolute Gasteiger partial charge is 0.364 e. The molecule has 140 valence electrons. The van der Waals surface area contributed by atoms with E-state index in [4.69, 9.17) is 4.74 Å². The lowest BCUT2D eigenvalue weighted by Crippen LogP contribution is -2.32. The number of nitrogens with zero attached hydrogens (tertiary/aromatic N) is 1. The maximum absolute atomic E-state index is 15.4. The maximum atomic E-state index is 15.4. The Balaban J connectivity index is 1.97. The van der Waals surface area contributed by atoms with Gasteiger partial charge in [0.1, 0.15) is 6.07 Å². The van der Waals surface area contributed by atoms with Crippen LogP contribution in [-0.4, -0.2) is 5.97 Å². The minimum Gasteiger partial charge on any atom is -0.449 e. The van der Waals surface area contributed by atoms with E-state index in [0.29, 0.717) is 11.1 Å². The lowest BCUT2D eigenvalue weighted by molar-refractivity contribution is -0.158. The number of ether oxygens (including phenoxy) is 1.